The smallest absolute Gasteiger partial charge is 0.337 e. The average Bonchev–Trinajstić information content (AvgIpc) is 3.08. The summed E-state index contributed by atoms with van der Waals surface area (Å²) in [6.07, 6.45) is 3.04. The minimum Gasteiger partial charge on any atom is -0.465 e. The van der Waals surface area contributed by atoms with Crippen molar-refractivity contribution in [1.29, 1.82) is 0 Å². The molecule has 0 saturated heterocycles. The third-order valence-electron chi connectivity index (χ3n) is 4.12. The van der Waals surface area contributed by atoms with Gasteiger partial charge in [0, 0.05) is 6.08 Å². The molecule has 0 spiro atoms. The van der Waals surface area contributed by atoms with Crippen molar-refractivity contribution in [3.8, 4) is 0 Å². The number of thiazole rings is 1. The van der Waals surface area contributed by atoms with Crippen molar-refractivity contribution in [3.63, 3.8) is 0 Å². The Kier molecular flexibility index (Phi) is 6.92. The van der Waals surface area contributed by atoms with Gasteiger partial charge >= 0.3 is 11.9 Å². The fourth-order valence-corrected chi connectivity index (χ4v) is 3.83. The number of ether oxygens (including phenoxy) is 2. The van der Waals surface area contributed by atoms with E-state index in [2.05, 4.69) is 4.99 Å². The van der Waals surface area contributed by atoms with Gasteiger partial charge in [-0.25, -0.2) is 4.79 Å². The number of carbonyl (C=O) groups is 3. The van der Waals surface area contributed by atoms with Crippen LogP contribution in [-0.2, 0) is 25.6 Å². The van der Waals surface area contributed by atoms with Crippen LogP contribution in [0.3, 0.4) is 0 Å². The lowest BCUT2D eigenvalue weighted by atomic mass is 10.2. The molecule has 30 heavy (non-hydrogen) atoms. The van der Waals surface area contributed by atoms with E-state index in [9.17, 15) is 14.4 Å². The van der Waals surface area contributed by atoms with Gasteiger partial charge in [-0.05, 0) is 36.8 Å². The number of benzene rings is 2. The normalized spacial score (nSPS) is 11.7. The number of hydrogen-bond donors (Lipinski definition) is 0. The highest BCUT2D eigenvalue weighted by Crippen LogP contribution is 2.20. The van der Waals surface area contributed by atoms with Crippen LogP contribution < -0.4 is 4.80 Å². The molecule has 1 aromatic heterocycles. The number of carbonyl (C=O) groups excluding carboxylic acids is 3. The van der Waals surface area contributed by atoms with Crippen molar-refractivity contribution >= 4 is 45.5 Å². The van der Waals surface area contributed by atoms with Gasteiger partial charge in [-0.1, -0.05) is 41.7 Å². The van der Waals surface area contributed by atoms with Crippen LogP contribution in [0, 0.1) is 0 Å². The maximum Gasteiger partial charge on any atom is 0.337 e. The molecule has 0 fully saturated rings. The van der Waals surface area contributed by atoms with Gasteiger partial charge < -0.3 is 14.0 Å². The van der Waals surface area contributed by atoms with Gasteiger partial charge in [0.15, 0.2) is 4.80 Å². The molecule has 2 aromatic carbocycles. The minimum atomic E-state index is -0.470. The second-order valence-corrected chi connectivity index (χ2v) is 7.15. The summed E-state index contributed by atoms with van der Waals surface area (Å²) in [6, 6.07) is 14.3. The quantitative estimate of drug-likeness (QED) is 0.448. The van der Waals surface area contributed by atoms with E-state index in [0.29, 0.717) is 20.6 Å². The lowest BCUT2D eigenvalue weighted by Gasteiger charge is -2.05. The summed E-state index contributed by atoms with van der Waals surface area (Å²) in [5.74, 6) is -1.37. The maximum atomic E-state index is 12.4. The lowest BCUT2D eigenvalue weighted by molar-refractivity contribution is -0.143. The van der Waals surface area contributed by atoms with Gasteiger partial charge in [0.2, 0.25) is 0 Å². The first kappa shape index (κ1) is 21.2. The first-order valence-electron chi connectivity index (χ1n) is 9.21. The van der Waals surface area contributed by atoms with Crippen molar-refractivity contribution in [2.45, 2.75) is 13.5 Å². The monoisotopic (exact) mass is 424 g/mol. The van der Waals surface area contributed by atoms with Gasteiger partial charge in [0.05, 0.1) is 29.5 Å². The van der Waals surface area contributed by atoms with E-state index >= 15 is 0 Å². The lowest BCUT2D eigenvalue weighted by Crippen LogP contribution is -2.22. The molecule has 0 saturated carbocycles. The van der Waals surface area contributed by atoms with Crippen LogP contribution >= 0.6 is 11.3 Å². The summed E-state index contributed by atoms with van der Waals surface area (Å²) in [7, 11) is 1.31. The van der Waals surface area contributed by atoms with Crippen molar-refractivity contribution in [3.05, 3.63) is 70.5 Å². The predicted octanol–water partition coefficient (Wildman–Crippen LogP) is 3.19. The van der Waals surface area contributed by atoms with Gasteiger partial charge in [-0.2, -0.15) is 4.99 Å². The molecular weight excluding hydrogens is 404 g/mol. The van der Waals surface area contributed by atoms with E-state index in [1.165, 1.54) is 24.5 Å². The Hall–Kier alpha value is -3.52. The molecule has 8 heteroatoms. The average molecular weight is 424 g/mol. The number of esters is 2. The van der Waals surface area contributed by atoms with Crippen LogP contribution in [0.15, 0.2) is 59.6 Å². The molecule has 1 heterocycles. The molecule has 154 valence electrons. The highest BCUT2D eigenvalue weighted by molar-refractivity contribution is 7.16. The Labute approximate surface area is 176 Å². The van der Waals surface area contributed by atoms with Crippen LogP contribution in [0.5, 0.6) is 0 Å². The van der Waals surface area contributed by atoms with Crippen LogP contribution in [0.2, 0.25) is 0 Å². The Morgan fingerprint density at radius 2 is 1.90 bits per heavy atom. The van der Waals surface area contributed by atoms with Gasteiger partial charge in [-0.15, -0.1) is 0 Å². The molecule has 7 nitrogen and oxygen atoms in total. The molecule has 0 aliphatic carbocycles. The zero-order chi connectivity index (χ0) is 21.5. The van der Waals surface area contributed by atoms with E-state index in [1.807, 2.05) is 30.3 Å². The fourth-order valence-electron chi connectivity index (χ4n) is 2.76. The maximum absolute atomic E-state index is 12.4. The standard InChI is InChI=1S/C22H20N2O5S/c1-3-29-20(26)14-24-17-11-10-16(21(27)28-2)13-18(17)30-22(24)23-19(25)12-9-15-7-5-4-6-8-15/h4-13H,3,14H2,1-2H3. The van der Waals surface area contributed by atoms with E-state index in [-0.39, 0.29) is 13.2 Å². The minimum absolute atomic E-state index is 0.0973. The number of nitrogens with zero attached hydrogens (tertiary/aromatic N) is 2. The highest BCUT2D eigenvalue weighted by atomic mass is 32.1. The van der Waals surface area contributed by atoms with Gasteiger partial charge in [0.25, 0.3) is 5.91 Å². The van der Waals surface area contributed by atoms with Crippen LogP contribution in [-0.4, -0.2) is 36.1 Å². The first-order chi connectivity index (χ1) is 14.5. The summed E-state index contributed by atoms with van der Waals surface area (Å²) in [5, 5.41) is 0. The number of aromatic nitrogens is 1. The second-order valence-electron chi connectivity index (χ2n) is 6.14. The summed E-state index contributed by atoms with van der Waals surface area (Å²) in [4.78, 5) is 40.8. The Bertz CT molecular complexity index is 1180. The zero-order valence-electron chi connectivity index (χ0n) is 16.5. The first-order valence-corrected chi connectivity index (χ1v) is 10.0. The zero-order valence-corrected chi connectivity index (χ0v) is 17.3. The third kappa shape index (κ3) is 5.09. The Morgan fingerprint density at radius 3 is 2.60 bits per heavy atom. The molecule has 3 rings (SSSR count). The Morgan fingerprint density at radius 1 is 1.13 bits per heavy atom. The molecule has 0 aliphatic heterocycles. The summed E-state index contributed by atoms with van der Waals surface area (Å²) >= 11 is 1.20. The van der Waals surface area contributed by atoms with E-state index in [4.69, 9.17) is 9.47 Å². The molecule has 0 unspecified atom stereocenters. The molecule has 0 bridgehead atoms. The molecule has 0 aliphatic rings. The Balaban J connectivity index is 2.02. The topological polar surface area (TPSA) is 87.0 Å². The number of rotatable bonds is 6. The van der Waals surface area contributed by atoms with Crippen molar-refractivity contribution in [2.75, 3.05) is 13.7 Å². The van der Waals surface area contributed by atoms with Gasteiger partial charge in [-0.3, -0.25) is 9.59 Å². The van der Waals surface area contributed by atoms with Crippen molar-refractivity contribution in [1.82, 2.24) is 4.57 Å². The summed E-state index contributed by atoms with van der Waals surface area (Å²) in [6.45, 7) is 1.87. The molecule has 0 radical (unpaired) electrons. The van der Waals surface area contributed by atoms with E-state index in [1.54, 1.807) is 35.8 Å². The molecular formula is C22H20N2O5S. The summed E-state index contributed by atoms with van der Waals surface area (Å²) < 4.78 is 12.1. The van der Waals surface area contributed by atoms with Gasteiger partial charge in [0.1, 0.15) is 6.54 Å². The van der Waals surface area contributed by atoms with Crippen molar-refractivity contribution < 1.29 is 23.9 Å². The number of methoxy groups -OCH3 is 1. The number of fused-ring (bicyclic) bond motifs is 1. The molecule has 3 aromatic rings. The SMILES string of the molecule is CCOC(=O)Cn1c(=NC(=O)C=Cc2ccccc2)sc2cc(C(=O)OC)ccc21. The fraction of sp³-hybridized carbons (Fsp3) is 0.182. The predicted molar refractivity (Wildman–Crippen MR) is 114 cm³/mol. The second kappa shape index (κ2) is 9.80. The van der Waals surface area contributed by atoms with Crippen molar-refractivity contribution in [2.24, 2.45) is 4.99 Å². The molecule has 0 atom stereocenters. The van der Waals surface area contributed by atoms with Crippen LogP contribution in [0.1, 0.15) is 22.8 Å². The molecule has 1 amide bonds. The molecule has 0 N–H and O–H groups in total. The number of amides is 1. The van der Waals surface area contributed by atoms with E-state index in [0.717, 1.165) is 5.56 Å². The number of hydrogen-bond acceptors (Lipinski definition) is 6. The van der Waals surface area contributed by atoms with Crippen LogP contribution in [0.4, 0.5) is 0 Å². The third-order valence-corrected chi connectivity index (χ3v) is 5.16. The van der Waals surface area contributed by atoms with Crippen LogP contribution in [0.25, 0.3) is 16.3 Å². The highest BCUT2D eigenvalue weighted by Gasteiger charge is 2.14. The largest absolute Gasteiger partial charge is 0.465 e. The van der Waals surface area contributed by atoms with E-state index < -0.39 is 17.8 Å². The summed E-state index contributed by atoms with van der Waals surface area (Å²) in [5.41, 5.74) is 1.91.